The molecular weight excluding hydrogens is 258 g/mol. The van der Waals surface area contributed by atoms with Crippen molar-refractivity contribution < 1.29 is 9.59 Å². The predicted octanol–water partition coefficient (Wildman–Crippen LogP) is 0.880. The minimum atomic E-state index is -0.314. The second-order valence-electron chi connectivity index (χ2n) is 4.26. The van der Waals surface area contributed by atoms with E-state index in [1.54, 1.807) is 12.1 Å². The van der Waals surface area contributed by atoms with Crippen LogP contribution in [0.3, 0.4) is 0 Å². The van der Waals surface area contributed by atoms with Crippen LogP contribution in [0.25, 0.3) is 0 Å². The molecule has 0 atom stereocenters. The van der Waals surface area contributed by atoms with E-state index < -0.39 is 0 Å². The molecule has 7 nitrogen and oxygen atoms in total. The Kier molecular flexibility index (Phi) is 3.99. The highest BCUT2D eigenvalue weighted by Gasteiger charge is 2.10. The van der Waals surface area contributed by atoms with Crippen molar-refractivity contribution >= 4 is 23.2 Å². The predicted molar refractivity (Wildman–Crippen MR) is 74.9 cm³/mol. The van der Waals surface area contributed by atoms with Crippen LogP contribution >= 0.6 is 0 Å². The lowest BCUT2D eigenvalue weighted by Gasteiger charge is -2.06. The summed E-state index contributed by atoms with van der Waals surface area (Å²) in [6.45, 7) is 1.81. The molecule has 0 spiro atoms. The smallest absolute Gasteiger partial charge is 0.271 e. The van der Waals surface area contributed by atoms with Crippen molar-refractivity contribution in [3.05, 3.63) is 41.7 Å². The van der Waals surface area contributed by atoms with Gasteiger partial charge in [0.2, 0.25) is 5.91 Å². The Bertz CT molecular complexity index is 618. The number of aromatic nitrogens is 2. The van der Waals surface area contributed by atoms with E-state index in [4.69, 9.17) is 5.73 Å². The lowest BCUT2D eigenvalue weighted by molar-refractivity contribution is -0.114. The first kappa shape index (κ1) is 13.6. The van der Waals surface area contributed by atoms with E-state index in [1.807, 2.05) is 12.1 Å². The molecule has 0 saturated heterocycles. The van der Waals surface area contributed by atoms with Gasteiger partial charge in [0.15, 0.2) is 0 Å². The van der Waals surface area contributed by atoms with E-state index in [0.717, 1.165) is 5.56 Å². The third-order valence-corrected chi connectivity index (χ3v) is 2.62. The first-order valence-electron chi connectivity index (χ1n) is 6.00. The molecule has 2 amide bonds. The zero-order chi connectivity index (χ0) is 14.5. The number of nitrogens with one attached hydrogen (secondary N) is 3. The van der Waals surface area contributed by atoms with Gasteiger partial charge in [0.1, 0.15) is 5.69 Å². The van der Waals surface area contributed by atoms with Gasteiger partial charge in [-0.1, -0.05) is 12.1 Å². The molecule has 5 N–H and O–H groups in total. The number of hydrogen-bond acceptors (Lipinski definition) is 4. The number of benzene rings is 1. The Morgan fingerprint density at radius 2 is 2.00 bits per heavy atom. The van der Waals surface area contributed by atoms with Gasteiger partial charge in [0.25, 0.3) is 5.91 Å². The van der Waals surface area contributed by atoms with Gasteiger partial charge in [-0.15, -0.1) is 0 Å². The topological polar surface area (TPSA) is 113 Å². The molecule has 20 heavy (non-hydrogen) atoms. The summed E-state index contributed by atoms with van der Waals surface area (Å²) in [4.78, 5) is 22.7. The molecule has 7 heteroatoms. The van der Waals surface area contributed by atoms with Crippen LogP contribution in [0.1, 0.15) is 23.0 Å². The first-order chi connectivity index (χ1) is 9.56. The summed E-state index contributed by atoms with van der Waals surface area (Å²) in [5, 5.41) is 11.6. The Morgan fingerprint density at radius 1 is 1.30 bits per heavy atom. The minimum Gasteiger partial charge on any atom is -0.396 e. The number of rotatable bonds is 4. The zero-order valence-corrected chi connectivity index (χ0v) is 10.9. The lowest BCUT2D eigenvalue weighted by Crippen LogP contribution is -2.24. The molecule has 0 aliphatic rings. The molecule has 1 heterocycles. The van der Waals surface area contributed by atoms with Crippen LogP contribution in [0.5, 0.6) is 0 Å². The molecule has 0 aliphatic carbocycles. The second kappa shape index (κ2) is 5.87. The maximum Gasteiger partial charge on any atom is 0.271 e. The molecule has 0 unspecified atom stereocenters. The summed E-state index contributed by atoms with van der Waals surface area (Å²) in [5.41, 5.74) is 7.76. The monoisotopic (exact) mass is 273 g/mol. The van der Waals surface area contributed by atoms with Gasteiger partial charge < -0.3 is 16.4 Å². The molecule has 0 radical (unpaired) electrons. The maximum absolute atomic E-state index is 11.8. The number of carbonyl (C=O) groups excluding carboxylic acids is 2. The molecule has 0 saturated carbocycles. The Morgan fingerprint density at radius 3 is 2.55 bits per heavy atom. The average molecular weight is 273 g/mol. The quantitative estimate of drug-likeness (QED) is 0.662. The number of anilines is 2. The van der Waals surface area contributed by atoms with E-state index in [2.05, 4.69) is 20.8 Å². The number of H-pyrrole nitrogens is 1. The average Bonchev–Trinajstić information content (AvgIpc) is 2.83. The fraction of sp³-hybridized carbons (Fsp3) is 0.154. The van der Waals surface area contributed by atoms with E-state index >= 15 is 0 Å². The molecule has 104 valence electrons. The highest BCUT2D eigenvalue weighted by atomic mass is 16.2. The SMILES string of the molecule is CC(=O)Nc1ccc(CNC(=O)c2[nH]ncc2N)cc1. The van der Waals surface area contributed by atoms with Gasteiger partial charge in [0.05, 0.1) is 11.9 Å². The normalized spacial score (nSPS) is 10.1. The first-order valence-corrected chi connectivity index (χ1v) is 6.00. The van der Waals surface area contributed by atoms with Gasteiger partial charge in [-0.2, -0.15) is 5.10 Å². The number of aromatic amines is 1. The Balaban J connectivity index is 1.93. The van der Waals surface area contributed by atoms with Crippen molar-refractivity contribution in [1.82, 2.24) is 15.5 Å². The van der Waals surface area contributed by atoms with Crippen LogP contribution in [0, 0.1) is 0 Å². The summed E-state index contributed by atoms with van der Waals surface area (Å²) >= 11 is 0. The van der Waals surface area contributed by atoms with Crippen LogP contribution in [0.2, 0.25) is 0 Å². The molecule has 2 aromatic rings. The van der Waals surface area contributed by atoms with Crippen LogP contribution in [-0.4, -0.2) is 22.0 Å². The van der Waals surface area contributed by atoms with Gasteiger partial charge in [-0.25, -0.2) is 0 Å². The van der Waals surface area contributed by atoms with Crippen LogP contribution in [0.4, 0.5) is 11.4 Å². The molecule has 0 bridgehead atoms. The summed E-state index contributed by atoms with van der Waals surface area (Å²) in [6.07, 6.45) is 1.39. The van der Waals surface area contributed by atoms with Crippen molar-refractivity contribution in [3.8, 4) is 0 Å². The van der Waals surface area contributed by atoms with E-state index in [0.29, 0.717) is 17.9 Å². The van der Waals surface area contributed by atoms with Crippen LogP contribution in [-0.2, 0) is 11.3 Å². The third-order valence-electron chi connectivity index (χ3n) is 2.62. The number of amides is 2. The number of nitrogens with two attached hydrogens (primary N) is 1. The highest BCUT2D eigenvalue weighted by Crippen LogP contribution is 2.10. The van der Waals surface area contributed by atoms with Crippen molar-refractivity contribution in [3.63, 3.8) is 0 Å². The highest BCUT2D eigenvalue weighted by molar-refractivity contribution is 5.96. The fourth-order valence-electron chi connectivity index (χ4n) is 1.66. The third kappa shape index (κ3) is 3.35. The number of carbonyl (C=O) groups is 2. The van der Waals surface area contributed by atoms with E-state index in [-0.39, 0.29) is 17.5 Å². The zero-order valence-electron chi connectivity index (χ0n) is 10.9. The van der Waals surface area contributed by atoms with Crippen molar-refractivity contribution in [2.75, 3.05) is 11.1 Å². The second-order valence-corrected chi connectivity index (χ2v) is 4.26. The fourth-order valence-corrected chi connectivity index (χ4v) is 1.66. The Hall–Kier alpha value is -2.83. The maximum atomic E-state index is 11.8. The molecular formula is C13H15N5O2. The summed E-state index contributed by atoms with van der Waals surface area (Å²) in [5.74, 6) is -0.438. The van der Waals surface area contributed by atoms with E-state index in [1.165, 1.54) is 13.1 Å². The van der Waals surface area contributed by atoms with Gasteiger partial charge in [0, 0.05) is 19.2 Å². The summed E-state index contributed by atoms with van der Waals surface area (Å²) < 4.78 is 0. The number of nitrogen functional groups attached to an aromatic ring is 1. The van der Waals surface area contributed by atoms with E-state index in [9.17, 15) is 9.59 Å². The number of nitrogens with zero attached hydrogens (tertiary/aromatic N) is 1. The van der Waals surface area contributed by atoms with Crippen molar-refractivity contribution in [1.29, 1.82) is 0 Å². The molecule has 2 rings (SSSR count). The largest absolute Gasteiger partial charge is 0.396 e. The lowest BCUT2D eigenvalue weighted by atomic mass is 10.2. The van der Waals surface area contributed by atoms with Crippen LogP contribution < -0.4 is 16.4 Å². The standard InChI is InChI=1S/C13H15N5O2/c1-8(19)17-10-4-2-9(3-5-10)6-15-13(20)12-11(14)7-16-18-12/h2-5,7H,6,14H2,1H3,(H,15,20)(H,16,18)(H,17,19). The van der Waals surface area contributed by atoms with Crippen molar-refractivity contribution in [2.45, 2.75) is 13.5 Å². The van der Waals surface area contributed by atoms with Gasteiger partial charge in [-0.3, -0.25) is 14.7 Å². The minimum absolute atomic E-state index is 0.124. The molecule has 0 aliphatic heterocycles. The summed E-state index contributed by atoms with van der Waals surface area (Å²) in [7, 11) is 0. The number of hydrogen-bond donors (Lipinski definition) is 4. The molecule has 1 aromatic heterocycles. The van der Waals surface area contributed by atoms with Gasteiger partial charge in [-0.05, 0) is 17.7 Å². The van der Waals surface area contributed by atoms with Crippen molar-refractivity contribution in [2.24, 2.45) is 0 Å². The van der Waals surface area contributed by atoms with Gasteiger partial charge >= 0.3 is 0 Å². The van der Waals surface area contributed by atoms with Crippen LogP contribution in [0.15, 0.2) is 30.5 Å². The Labute approximate surface area is 115 Å². The summed E-state index contributed by atoms with van der Waals surface area (Å²) in [6, 6.07) is 7.19. The molecule has 0 fully saturated rings. The molecule has 1 aromatic carbocycles.